The third kappa shape index (κ3) is 5.51. The predicted molar refractivity (Wildman–Crippen MR) is 68.4 cm³/mol. The van der Waals surface area contributed by atoms with Crippen molar-refractivity contribution in [2.45, 2.75) is 25.2 Å². The van der Waals surface area contributed by atoms with Crippen molar-refractivity contribution in [1.29, 1.82) is 0 Å². The third-order valence-corrected chi connectivity index (χ3v) is 3.45. The number of aryl methyl sites for hydroxylation is 1. The van der Waals surface area contributed by atoms with Crippen molar-refractivity contribution in [3.05, 3.63) is 22.7 Å². The molecule has 0 unspecified atom stereocenters. The van der Waals surface area contributed by atoms with Crippen LogP contribution in [-0.4, -0.2) is 24.7 Å². The summed E-state index contributed by atoms with van der Waals surface area (Å²) in [7, 11) is -4.54. The Kier molecular flexibility index (Phi) is 7.37. The fraction of sp³-hybridized carbons (Fsp3) is 0.273. The van der Waals surface area contributed by atoms with Gasteiger partial charge in [0, 0.05) is 11.4 Å². The van der Waals surface area contributed by atoms with Crippen LogP contribution in [0.2, 0.25) is 5.02 Å². The Bertz CT molecular complexity index is 657. The number of halogens is 1. The molecule has 0 aliphatic carbocycles. The van der Waals surface area contributed by atoms with E-state index < -0.39 is 33.1 Å². The molecule has 0 saturated heterocycles. The summed E-state index contributed by atoms with van der Waals surface area (Å²) in [5.74, 6) is -1.21. The summed E-state index contributed by atoms with van der Waals surface area (Å²) >= 11 is 5.81. The van der Waals surface area contributed by atoms with Crippen LogP contribution in [0.3, 0.4) is 0 Å². The van der Waals surface area contributed by atoms with E-state index in [1.165, 1.54) is 13.8 Å². The number of rotatable bonds is 4. The SMILES string of the molecule is CC(=O)CC([O-])=Nc1cc(Cl)c(C)cc1S(=O)(=O)O.[Na+]. The van der Waals surface area contributed by atoms with E-state index in [4.69, 9.17) is 16.2 Å². The van der Waals surface area contributed by atoms with Gasteiger partial charge in [-0.1, -0.05) is 11.6 Å². The van der Waals surface area contributed by atoms with E-state index in [9.17, 15) is 18.3 Å². The van der Waals surface area contributed by atoms with Crippen LogP contribution in [0.1, 0.15) is 18.9 Å². The van der Waals surface area contributed by atoms with E-state index >= 15 is 0 Å². The molecule has 0 heterocycles. The van der Waals surface area contributed by atoms with Crippen molar-refractivity contribution >= 4 is 39.1 Å². The van der Waals surface area contributed by atoms with Crippen LogP contribution < -0.4 is 34.7 Å². The van der Waals surface area contributed by atoms with E-state index in [0.29, 0.717) is 5.56 Å². The molecular formula is C11H11ClNNaO5S. The van der Waals surface area contributed by atoms with Gasteiger partial charge in [-0.2, -0.15) is 8.42 Å². The molecule has 0 spiro atoms. The van der Waals surface area contributed by atoms with E-state index in [0.717, 1.165) is 12.1 Å². The fourth-order valence-corrected chi connectivity index (χ4v) is 2.18. The second-order valence-electron chi connectivity index (χ2n) is 3.93. The van der Waals surface area contributed by atoms with Crippen molar-refractivity contribution in [1.82, 2.24) is 0 Å². The Morgan fingerprint density at radius 1 is 1.45 bits per heavy atom. The molecule has 0 saturated carbocycles. The van der Waals surface area contributed by atoms with E-state index in [-0.39, 0.29) is 40.3 Å². The van der Waals surface area contributed by atoms with Gasteiger partial charge >= 0.3 is 29.6 Å². The number of aliphatic imine (C=N–C) groups is 1. The zero-order valence-corrected chi connectivity index (χ0v) is 14.7. The van der Waals surface area contributed by atoms with Crippen LogP contribution >= 0.6 is 11.6 Å². The fourth-order valence-electron chi connectivity index (χ4n) is 1.33. The Balaban J connectivity index is 0.00000361. The van der Waals surface area contributed by atoms with Gasteiger partial charge in [-0.15, -0.1) is 0 Å². The van der Waals surface area contributed by atoms with Gasteiger partial charge in [0.2, 0.25) is 0 Å². The zero-order chi connectivity index (χ0) is 14.8. The number of nitrogens with zero attached hydrogens (tertiary/aromatic N) is 1. The number of carbonyl (C=O) groups excluding carboxylic acids is 1. The summed E-state index contributed by atoms with van der Waals surface area (Å²) in [5.41, 5.74) is 0.122. The summed E-state index contributed by atoms with van der Waals surface area (Å²) in [6.45, 7) is 2.75. The van der Waals surface area contributed by atoms with Crippen molar-refractivity contribution in [2.24, 2.45) is 4.99 Å². The molecule has 1 N–H and O–H groups in total. The predicted octanol–water partition coefficient (Wildman–Crippen LogP) is -1.73. The number of hydrogen-bond donors (Lipinski definition) is 1. The minimum absolute atomic E-state index is 0. The quantitative estimate of drug-likeness (QED) is 0.306. The van der Waals surface area contributed by atoms with Crippen molar-refractivity contribution in [2.75, 3.05) is 0 Å². The summed E-state index contributed by atoms with van der Waals surface area (Å²) in [6, 6.07) is 2.26. The molecule has 6 nitrogen and oxygen atoms in total. The van der Waals surface area contributed by atoms with Crippen LogP contribution in [0.25, 0.3) is 0 Å². The number of benzene rings is 1. The van der Waals surface area contributed by atoms with Crippen molar-refractivity contribution < 1.29 is 52.4 Å². The molecule has 104 valence electrons. The van der Waals surface area contributed by atoms with Gasteiger partial charge in [-0.05, 0) is 37.4 Å². The molecule has 1 aromatic rings. The zero-order valence-electron chi connectivity index (χ0n) is 11.2. The largest absolute Gasteiger partial charge is 1.00 e. The van der Waals surface area contributed by atoms with Crippen LogP contribution in [0.5, 0.6) is 0 Å². The molecule has 0 aromatic heterocycles. The van der Waals surface area contributed by atoms with Crippen LogP contribution in [0, 0.1) is 6.92 Å². The van der Waals surface area contributed by atoms with Crippen LogP contribution in [-0.2, 0) is 14.9 Å². The maximum Gasteiger partial charge on any atom is 1.00 e. The van der Waals surface area contributed by atoms with Crippen LogP contribution in [0.4, 0.5) is 5.69 Å². The maximum atomic E-state index is 11.4. The molecule has 1 aromatic carbocycles. The second kappa shape index (κ2) is 7.53. The molecule has 0 bridgehead atoms. The van der Waals surface area contributed by atoms with Gasteiger partial charge in [0.1, 0.15) is 10.7 Å². The monoisotopic (exact) mass is 327 g/mol. The second-order valence-corrected chi connectivity index (χ2v) is 5.73. The first kappa shape index (κ1) is 19.6. The molecule has 1 rings (SSSR count). The van der Waals surface area contributed by atoms with Gasteiger partial charge in [-0.3, -0.25) is 14.3 Å². The van der Waals surface area contributed by atoms with E-state index in [1.54, 1.807) is 0 Å². The first-order valence-corrected chi connectivity index (χ1v) is 6.94. The molecule has 20 heavy (non-hydrogen) atoms. The van der Waals surface area contributed by atoms with Crippen molar-refractivity contribution in [3.8, 4) is 0 Å². The standard InChI is InChI=1S/C11H12ClNO5S.Na/c1-6-3-10(19(16,17)18)9(5-8(6)12)13-11(15)4-7(2)14;/h3,5H,4H2,1-2H3,(H,13,15)(H,16,17,18);/q;+1/p-1. The Morgan fingerprint density at radius 2 is 2.00 bits per heavy atom. The number of hydrogen-bond acceptors (Lipinski definition) is 5. The smallest absolute Gasteiger partial charge is 0.861 e. The molecule has 0 aliphatic rings. The number of carbonyl (C=O) groups is 1. The average molecular weight is 328 g/mol. The summed E-state index contributed by atoms with van der Waals surface area (Å²) in [4.78, 5) is 13.7. The van der Waals surface area contributed by atoms with Gasteiger partial charge in [0.25, 0.3) is 10.1 Å². The molecule has 0 amide bonds. The summed E-state index contributed by atoms with van der Waals surface area (Å²) < 4.78 is 31.5. The Labute approximate surface area is 143 Å². The summed E-state index contributed by atoms with van der Waals surface area (Å²) in [5, 5.41) is 11.6. The topological polar surface area (TPSA) is 107 Å². The minimum atomic E-state index is -4.54. The number of Topliss-reactive ketones (excluding diaryl/α,β-unsaturated/α-hetero) is 1. The minimum Gasteiger partial charge on any atom is -0.861 e. The number of ketones is 1. The van der Waals surface area contributed by atoms with E-state index in [2.05, 4.69) is 4.99 Å². The third-order valence-electron chi connectivity index (χ3n) is 2.16. The normalized spacial score (nSPS) is 11.9. The molecular weight excluding hydrogens is 317 g/mol. The maximum absolute atomic E-state index is 11.4. The van der Waals surface area contributed by atoms with E-state index in [1.807, 2.05) is 0 Å². The first-order chi connectivity index (χ1) is 8.61. The molecule has 0 aliphatic heterocycles. The van der Waals surface area contributed by atoms with Gasteiger partial charge in [0.15, 0.2) is 0 Å². The Hall–Kier alpha value is -0.440. The van der Waals surface area contributed by atoms with Gasteiger partial charge < -0.3 is 5.11 Å². The van der Waals surface area contributed by atoms with Gasteiger partial charge in [0.05, 0.1) is 5.69 Å². The summed E-state index contributed by atoms with van der Waals surface area (Å²) in [6.07, 6.45) is -0.448. The molecule has 0 fully saturated rings. The average Bonchev–Trinajstić information content (AvgIpc) is 2.20. The molecule has 9 heteroatoms. The first-order valence-electron chi connectivity index (χ1n) is 5.13. The Morgan fingerprint density at radius 3 is 2.45 bits per heavy atom. The molecule has 0 atom stereocenters. The van der Waals surface area contributed by atoms with Crippen LogP contribution in [0.15, 0.2) is 22.0 Å². The molecule has 0 radical (unpaired) electrons. The van der Waals surface area contributed by atoms with Crippen molar-refractivity contribution in [3.63, 3.8) is 0 Å². The van der Waals surface area contributed by atoms with Gasteiger partial charge in [-0.25, -0.2) is 0 Å².